The first-order valence-electron chi connectivity index (χ1n) is 7.59. The number of benzene rings is 1. The normalized spacial score (nSPS) is 13.1. The quantitative estimate of drug-likeness (QED) is 0.677. The molecule has 0 spiro atoms. The zero-order valence-corrected chi connectivity index (χ0v) is 14.3. The van der Waals surface area contributed by atoms with Crippen molar-refractivity contribution in [3.8, 4) is 11.4 Å². The van der Waals surface area contributed by atoms with Crippen LogP contribution < -0.4 is 0 Å². The summed E-state index contributed by atoms with van der Waals surface area (Å²) in [6.45, 7) is 1.76. The van der Waals surface area contributed by atoms with Gasteiger partial charge in [0.05, 0.1) is 5.56 Å². The Morgan fingerprint density at radius 2 is 1.88 bits per heavy atom. The molecule has 0 fully saturated rings. The minimum absolute atomic E-state index is 0.277. The highest BCUT2D eigenvalue weighted by atomic mass is 32.2. The first-order valence-corrected chi connectivity index (χ1v) is 8.47. The molecule has 2 heterocycles. The summed E-state index contributed by atoms with van der Waals surface area (Å²) in [5, 5.41) is 21.2. The van der Waals surface area contributed by atoms with Crippen LogP contribution in [0.4, 0.5) is 13.2 Å². The lowest BCUT2D eigenvalue weighted by Gasteiger charge is -2.09. The summed E-state index contributed by atoms with van der Waals surface area (Å²) in [6.07, 6.45) is -3.99. The first kappa shape index (κ1) is 18.2. The van der Waals surface area contributed by atoms with Gasteiger partial charge in [0.2, 0.25) is 0 Å². The van der Waals surface area contributed by atoms with Crippen molar-refractivity contribution in [2.75, 3.05) is 0 Å². The Hall–Kier alpha value is -2.62. The summed E-state index contributed by atoms with van der Waals surface area (Å²) in [6, 6.07) is 7.79. The molecule has 0 saturated heterocycles. The van der Waals surface area contributed by atoms with Gasteiger partial charge >= 0.3 is 12.1 Å². The van der Waals surface area contributed by atoms with Crippen molar-refractivity contribution >= 4 is 23.4 Å². The number of aromatic nitrogens is 4. The van der Waals surface area contributed by atoms with E-state index in [1.54, 1.807) is 19.1 Å². The van der Waals surface area contributed by atoms with E-state index in [-0.39, 0.29) is 5.82 Å². The maximum atomic E-state index is 12.7. The van der Waals surface area contributed by atoms with E-state index in [0.29, 0.717) is 22.7 Å². The lowest BCUT2D eigenvalue weighted by Crippen LogP contribution is -2.15. The molecule has 10 heteroatoms. The smallest absolute Gasteiger partial charge is 0.416 e. The van der Waals surface area contributed by atoms with Crippen molar-refractivity contribution in [3.05, 3.63) is 42.0 Å². The lowest BCUT2D eigenvalue weighted by molar-refractivity contribution is -0.138. The molecule has 1 unspecified atom stereocenters. The van der Waals surface area contributed by atoms with Gasteiger partial charge in [-0.05, 0) is 30.7 Å². The number of hydrogen-bond acceptors (Lipinski definition) is 5. The second-order valence-electron chi connectivity index (χ2n) is 5.39. The highest BCUT2D eigenvalue weighted by Gasteiger charge is 2.30. The summed E-state index contributed by atoms with van der Waals surface area (Å²) < 4.78 is 39.5. The third kappa shape index (κ3) is 3.64. The number of carbonyl (C=O) groups is 1. The molecule has 1 aromatic carbocycles. The average Bonchev–Trinajstić information content (AvgIpc) is 3.02. The molecule has 0 aliphatic carbocycles. The highest BCUT2D eigenvalue weighted by molar-refractivity contribution is 8.00. The summed E-state index contributed by atoms with van der Waals surface area (Å²) in [5.74, 6) is -0.661. The number of rotatable bonds is 5. The van der Waals surface area contributed by atoms with E-state index in [4.69, 9.17) is 5.11 Å². The van der Waals surface area contributed by atoms with E-state index < -0.39 is 23.0 Å². The molecule has 0 bridgehead atoms. The Labute approximate surface area is 150 Å². The van der Waals surface area contributed by atoms with E-state index in [0.717, 1.165) is 23.9 Å². The number of hydrogen-bond donors (Lipinski definition) is 1. The zero-order chi connectivity index (χ0) is 18.9. The van der Waals surface area contributed by atoms with Crippen LogP contribution in [-0.4, -0.2) is 36.1 Å². The van der Waals surface area contributed by atoms with Crippen molar-refractivity contribution in [1.29, 1.82) is 0 Å². The second kappa shape index (κ2) is 6.94. The molecule has 0 aliphatic rings. The Bertz CT molecular complexity index is 941. The average molecular weight is 382 g/mol. The van der Waals surface area contributed by atoms with Crippen LogP contribution in [0, 0.1) is 0 Å². The Morgan fingerprint density at radius 3 is 2.46 bits per heavy atom. The number of halogens is 3. The van der Waals surface area contributed by atoms with Crippen molar-refractivity contribution in [3.63, 3.8) is 0 Å². The van der Waals surface area contributed by atoms with E-state index in [1.807, 2.05) is 0 Å². The molecule has 0 amide bonds. The minimum atomic E-state index is -4.42. The van der Waals surface area contributed by atoms with Crippen LogP contribution in [0.2, 0.25) is 0 Å². The fourth-order valence-electron chi connectivity index (χ4n) is 2.28. The molecule has 1 N–H and O–H groups in total. The predicted molar refractivity (Wildman–Crippen MR) is 88.8 cm³/mol. The largest absolute Gasteiger partial charge is 0.480 e. The SMILES string of the molecule is CCC(Sc1ccc2nnc(-c3ccc(C(F)(F)F)cc3)n2n1)C(=O)O. The fraction of sp³-hybridized carbons (Fsp3) is 0.250. The van der Waals surface area contributed by atoms with E-state index in [2.05, 4.69) is 15.3 Å². The number of aliphatic carboxylic acids is 1. The molecule has 3 aromatic rings. The van der Waals surface area contributed by atoms with Gasteiger partial charge in [0.15, 0.2) is 11.5 Å². The van der Waals surface area contributed by atoms with Crippen LogP contribution in [0.5, 0.6) is 0 Å². The molecule has 136 valence electrons. The molecule has 0 radical (unpaired) electrons. The van der Waals surface area contributed by atoms with Gasteiger partial charge in [-0.3, -0.25) is 4.79 Å². The molecule has 0 saturated carbocycles. The van der Waals surface area contributed by atoms with Crippen molar-refractivity contribution < 1.29 is 23.1 Å². The molecule has 3 rings (SSSR count). The Kier molecular flexibility index (Phi) is 4.86. The maximum absolute atomic E-state index is 12.7. The van der Waals surface area contributed by atoms with Gasteiger partial charge in [-0.2, -0.15) is 22.8 Å². The number of carboxylic acids is 1. The molecule has 2 aromatic heterocycles. The van der Waals surface area contributed by atoms with Gasteiger partial charge in [0.1, 0.15) is 10.3 Å². The summed E-state index contributed by atoms with van der Waals surface area (Å²) in [4.78, 5) is 11.2. The highest BCUT2D eigenvalue weighted by Crippen LogP contribution is 2.31. The van der Waals surface area contributed by atoms with E-state index in [1.165, 1.54) is 16.6 Å². The van der Waals surface area contributed by atoms with Gasteiger partial charge in [0, 0.05) is 5.56 Å². The minimum Gasteiger partial charge on any atom is -0.480 e. The van der Waals surface area contributed by atoms with Crippen molar-refractivity contribution in [2.24, 2.45) is 0 Å². The van der Waals surface area contributed by atoms with Crippen molar-refractivity contribution in [1.82, 2.24) is 19.8 Å². The monoisotopic (exact) mass is 382 g/mol. The fourth-order valence-corrected chi connectivity index (χ4v) is 3.11. The summed E-state index contributed by atoms with van der Waals surface area (Å²) >= 11 is 1.09. The predicted octanol–water partition coefficient (Wildman–Crippen LogP) is 3.77. The van der Waals surface area contributed by atoms with Crippen LogP contribution >= 0.6 is 11.8 Å². The lowest BCUT2D eigenvalue weighted by atomic mass is 10.1. The number of alkyl halides is 3. The maximum Gasteiger partial charge on any atom is 0.416 e. The Morgan fingerprint density at radius 1 is 1.19 bits per heavy atom. The first-order chi connectivity index (χ1) is 12.3. The topological polar surface area (TPSA) is 80.4 Å². The van der Waals surface area contributed by atoms with Crippen LogP contribution in [0.3, 0.4) is 0 Å². The molecular weight excluding hydrogens is 369 g/mol. The number of carboxylic acid groups (broad SMARTS) is 1. The van der Waals surface area contributed by atoms with Gasteiger partial charge in [0.25, 0.3) is 0 Å². The summed E-state index contributed by atoms with van der Waals surface area (Å²) in [7, 11) is 0. The van der Waals surface area contributed by atoms with E-state index >= 15 is 0 Å². The molecule has 1 atom stereocenters. The van der Waals surface area contributed by atoms with Crippen molar-refractivity contribution in [2.45, 2.75) is 29.8 Å². The number of thioether (sulfide) groups is 1. The molecule has 6 nitrogen and oxygen atoms in total. The number of nitrogens with zero attached hydrogens (tertiary/aromatic N) is 4. The molecular formula is C16H13F3N4O2S. The van der Waals surface area contributed by atoms with Gasteiger partial charge in [-0.15, -0.1) is 10.2 Å². The number of fused-ring (bicyclic) bond motifs is 1. The molecule has 26 heavy (non-hydrogen) atoms. The van der Waals surface area contributed by atoms with Crippen LogP contribution in [0.1, 0.15) is 18.9 Å². The third-order valence-electron chi connectivity index (χ3n) is 3.62. The standard InChI is InChI=1S/C16H13F3N4O2S/c1-2-11(15(24)25)26-13-8-7-12-20-21-14(23(12)22-13)9-3-5-10(6-4-9)16(17,18)19/h3-8,11H,2H2,1H3,(H,24,25). The van der Waals surface area contributed by atoms with Gasteiger partial charge < -0.3 is 5.11 Å². The zero-order valence-electron chi connectivity index (χ0n) is 13.4. The summed E-state index contributed by atoms with van der Waals surface area (Å²) in [5.41, 5.74) is 0.0737. The van der Waals surface area contributed by atoms with Gasteiger partial charge in [-0.1, -0.05) is 30.8 Å². The third-order valence-corrected chi connectivity index (χ3v) is 4.90. The van der Waals surface area contributed by atoms with Gasteiger partial charge in [-0.25, -0.2) is 0 Å². The van der Waals surface area contributed by atoms with Crippen LogP contribution in [0.25, 0.3) is 17.0 Å². The Balaban J connectivity index is 1.97. The second-order valence-corrected chi connectivity index (χ2v) is 6.62. The molecule has 0 aliphatic heterocycles. The van der Waals surface area contributed by atoms with Crippen LogP contribution in [-0.2, 0) is 11.0 Å². The van der Waals surface area contributed by atoms with E-state index in [9.17, 15) is 18.0 Å². The van der Waals surface area contributed by atoms with Crippen LogP contribution in [0.15, 0.2) is 41.4 Å².